The van der Waals surface area contributed by atoms with Crippen LogP contribution < -0.4 is 5.73 Å². The third kappa shape index (κ3) is 2.43. The lowest BCUT2D eigenvalue weighted by Crippen LogP contribution is -2.13. The first-order valence-corrected chi connectivity index (χ1v) is 5.64. The van der Waals surface area contributed by atoms with Gasteiger partial charge in [0.2, 0.25) is 0 Å². The standard InChI is InChI=1S/C8H12N2O3S/c1-13-4-5-14(11,12)8-2-3-10-6-7(8)9/h2-3,6H,4-5,9H2,1H3. The van der Waals surface area contributed by atoms with Crippen molar-refractivity contribution in [2.24, 2.45) is 0 Å². The van der Waals surface area contributed by atoms with E-state index < -0.39 is 9.84 Å². The van der Waals surface area contributed by atoms with Crippen molar-refractivity contribution in [2.75, 3.05) is 25.2 Å². The smallest absolute Gasteiger partial charge is 0.182 e. The molecule has 5 nitrogen and oxygen atoms in total. The predicted molar refractivity (Wildman–Crippen MR) is 52.6 cm³/mol. The third-order valence-electron chi connectivity index (χ3n) is 1.70. The molecule has 6 heteroatoms. The molecule has 14 heavy (non-hydrogen) atoms. The molecule has 0 aliphatic heterocycles. The first-order chi connectivity index (χ1) is 6.58. The monoisotopic (exact) mass is 216 g/mol. The molecular weight excluding hydrogens is 204 g/mol. The van der Waals surface area contributed by atoms with Crippen molar-refractivity contribution in [3.05, 3.63) is 18.5 Å². The fourth-order valence-corrected chi connectivity index (χ4v) is 2.27. The Kier molecular flexibility index (Phi) is 3.43. The van der Waals surface area contributed by atoms with Crippen molar-refractivity contribution < 1.29 is 13.2 Å². The number of hydrogen-bond donors (Lipinski definition) is 1. The van der Waals surface area contributed by atoms with Gasteiger partial charge in [0.15, 0.2) is 9.84 Å². The van der Waals surface area contributed by atoms with Gasteiger partial charge in [0.05, 0.1) is 29.1 Å². The summed E-state index contributed by atoms with van der Waals surface area (Å²) < 4.78 is 28.0. The molecular formula is C8H12N2O3S. The fraction of sp³-hybridized carbons (Fsp3) is 0.375. The van der Waals surface area contributed by atoms with Gasteiger partial charge in [0.1, 0.15) is 0 Å². The Hall–Kier alpha value is -1.14. The Balaban J connectivity index is 2.99. The van der Waals surface area contributed by atoms with Gasteiger partial charge >= 0.3 is 0 Å². The minimum Gasteiger partial charge on any atom is -0.396 e. The van der Waals surface area contributed by atoms with E-state index in [4.69, 9.17) is 10.5 Å². The van der Waals surface area contributed by atoms with Crippen molar-refractivity contribution in [3.8, 4) is 0 Å². The number of ether oxygens (including phenoxy) is 1. The number of pyridine rings is 1. The molecule has 0 aromatic carbocycles. The van der Waals surface area contributed by atoms with Crippen LogP contribution in [0.1, 0.15) is 0 Å². The normalized spacial score (nSPS) is 11.5. The molecule has 0 aliphatic carbocycles. The van der Waals surface area contributed by atoms with E-state index in [2.05, 4.69) is 4.98 Å². The highest BCUT2D eigenvalue weighted by atomic mass is 32.2. The molecule has 1 rings (SSSR count). The molecule has 0 atom stereocenters. The van der Waals surface area contributed by atoms with Gasteiger partial charge in [0.25, 0.3) is 0 Å². The molecule has 0 aliphatic rings. The molecule has 0 fully saturated rings. The number of nitrogens with zero attached hydrogens (tertiary/aromatic N) is 1. The Morgan fingerprint density at radius 2 is 2.29 bits per heavy atom. The van der Waals surface area contributed by atoms with Gasteiger partial charge in [-0.25, -0.2) is 8.42 Å². The highest BCUT2D eigenvalue weighted by Gasteiger charge is 2.16. The Morgan fingerprint density at radius 1 is 1.57 bits per heavy atom. The van der Waals surface area contributed by atoms with Crippen molar-refractivity contribution >= 4 is 15.5 Å². The maximum atomic E-state index is 11.6. The largest absolute Gasteiger partial charge is 0.396 e. The van der Waals surface area contributed by atoms with Crippen molar-refractivity contribution in [2.45, 2.75) is 4.90 Å². The summed E-state index contributed by atoms with van der Waals surface area (Å²) in [5, 5.41) is 0. The topological polar surface area (TPSA) is 82.3 Å². The van der Waals surface area contributed by atoms with Crippen LogP contribution in [0.3, 0.4) is 0 Å². The number of sulfone groups is 1. The van der Waals surface area contributed by atoms with Crippen LogP contribution in [0.5, 0.6) is 0 Å². The van der Waals surface area contributed by atoms with Crippen LogP contribution in [0.25, 0.3) is 0 Å². The quantitative estimate of drug-likeness (QED) is 0.771. The second-order valence-electron chi connectivity index (χ2n) is 2.73. The molecule has 0 amide bonds. The molecule has 2 N–H and O–H groups in total. The van der Waals surface area contributed by atoms with Crippen LogP contribution in [-0.4, -0.2) is 32.9 Å². The summed E-state index contributed by atoms with van der Waals surface area (Å²) in [6.07, 6.45) is 2.72. The molecule has 1 aromatic heterocycles. The van der Waals surface area contributed by atoms with Crippen LogP contribution in [-0.2, 0) is 14.6 Å². The van der Waals surface area contributed by atoms with Crippen molar-refractivity contribution in [3.63, 3.8) is 0 Å². The van der Waals surface area contributed by atoms with E-state index in [1.54, 1.807) is 0 Å². The van der Waals surface area contributed by atoms with Crippen molar-refractivity contribution in [1.29, 1.82) is 0 Å². The molecule has 1 heterocycles. The Bertz CT molecular complexity index is 403. The average molecular weight is 216 g/mol. The molecule has 0 bridgehead atoms. The zero-order chi connectivity index (χ0) is 10.6. The lowest BCUT2D eigenvalue weighted by atomic mass is 10.4. The lowest BCUT2D eigenvalue weighted by Gasteiger charge is -2.05. The number of rotatable bonds is 4. The highest BCUT2D eigenvalue weighted by molar-refractivity contribution is 7.91. The van der Waals surface area contributed by atoms with Gasteiger partial charge in [-0.2, -0.15) is 0 Å². The minimum atomic E-state index is -3.34. The summed E-state index contributed by atoms with van der Waals surface area (Å²) in [7, 11) is -1.89. The zero-order valence-electron chi connectivity index (χ0n) is 7.80. The average Bonchev–Trinajstić information content (AvgIpc) is 2.15. The van der Waals surface area contributed by atoms with Crippen molar-refractivity contribution in [1.82, 2.24) is 4.98 Å². The number of hydrogen-bond acceptors (Lipinski definition) is 5. The van der Waals surface area contributed by atoms with Gasteiger partial charge in [-0.1, -0.05) is 0 Å². The van der Waals surface area contributed by atoms with E-state index in [1.165, 1.54) is 25.6 Å². The molecule has 0 saturated heterocycles. The first-order valence-electron chi connectivity index (χ1n) is 3.99. The van der Waals surface area contributed by atoms with E-state index >= 15 is 0 Å². The van der Waals surface area contributed by atoms with Crippen LogP contribution >= 0.6 is 0 Å². The summed E-state index contributed by atoms with van der Waals surface area (Å²) in [5.74, 6) is -0.0717. The van der Waals surface area contributed by atoms with Crippen LogP contribution in [0, 0.1) is 0 Å². The highest BCUT2D eigenvalue weighted by Crippen LogP contribution is 2.17. The second kappa shape index (κ2) is 4.39. The Labute approximate surface area is 82.8 Å². The van der Waals surface area contributed by atoms with Crippen LogP contribution in [0.4, 0.5) is 5.69 Å². The summed E-state index contributed by atoms with van der Waals surface area (Å²) in [5.41, 5.74) is 5.67. The van der Waals surface area contributed by atoms with Gasteiger partial charge in [-0.3, -0.25) is 4.98 Å². The number of nitrogens with two attached hydrogens (primary N) is 1. The molecule has 1 aromatic rings. The minimum absolute atomic E-state index is 0.0717. The summed E-state index contributed by atoms with van der Waals surface area (Å²) in [6, 6.07) is 1.39. The lowest BCUT2D eigenvalue weighted by molar-refractivity contribution is 0.217. The predicted octanol–water partition coefficient (Wildman–Crippen LogP) is 0.0839. The first kappa shape index (κ1) is 10.9. The third-order valence-corrected chi connectivity index (χ3v) is 3.45. The molecule has 0 saturated carbocycles. The van der Waals surface area contributed by atoms with E-state index in [1.807, 2.05) is 0 Å². The SMILES string of the molecule is COCCS(=O)(=O)c1ccncc1N. The fourth-order valence-electron chi connectivity index (χ4n) is 0.980. The zero-order valence-corrected chi connectivity index (χ0v) is 8.62. The molecule has 0 radical (unpaired) electrons. The molecule has 78 valence electrons. The van der Waals surface area contributed by atoms with Gasteiger partial charge in [-0.15, -0.1) is 0 Å². The van der Waals surface area contributed by atoms with Gasteiger partial charge in [-0.05, 0) is 6.07 Å². The van der Waals surface area contributed by atoms with Gasteiger partial charge < -0.3 is 10.5 Å². The Morgan fingerprint density at radius 3 is 2.86 bits per heavy atom. The molecule has 0 spiro atoms. The summed E-state index contributed by atoms with van der Waals surface area (Å²) in [6.45, 7) is 0.157. The summed E-state index contributed by atoms with van der Waals surface area (Å²) in [4.78, 5) is 3.83. The number of methoxy groups -OCH3 is 1. The maximum Gasteiger partial charge on any atom is 0.182 e. The van der Waals surface area contributed by atoms with E-state index in [0.717, 1.165) is 0 Å². The van der Waals surface area contributed by atoms with Gasteiger partial charge in [0, 0.05) is 13.3 Å². The van der Waals surface area contributed by atoms with E-state index in [9.17, 15) is 8.42 Å². The number of aromatic nitrogens is 1. The molecule has 0 unspecified atom stereocenters. The number of anilines is 1. The van der Waals surface area contributed by atoms with Crippen LogP contribution in [0.2, 0.25) is 0 Å². The number of nitrogen functional groups attached to an aromatic ring is 1. The summed E-state index contributed by atoms with van der Waals surface area (Å²) >= 11 is 0. The van der Waals surface area contributed by atoms with E-state index in [0.29, 0.717) is 0 Å². The van der Waals surface area contributed by atoms with Crippen LogP contribution in [0.15, 0.2) is 23.4 Å². The maximum absolute atomic E-state index is 11.6. The second-order valence-corrected chi connectivity index (χ2v) is 4.80. The van der Waals surface area contributed by atoms with E-state index in [-0.39, 0.29) is 22.9 Å².